The maximum Gasteiger partial charge on any atom is 0.494 e. The molecule has 6 rings (SSSR count). The molecule has 0 radical (unpaired) electrons. The molecule has 1 saturated heterocycles. The maximum atomic E-state index is 13.3. The molecule has 1 N–H and O–H groups in total. The number of amides is 1. The van der Waals surface area contributed by atoms with Gasteiger partial charge in [0.05, 0.1) is 21.9 Å². The molecule has 1 aliphatic heterocycles. The standard InChI is InChI=1S/C25H36BNO5S/c1-22(2)23(3,4)32-26(31-22)19-7-9-20(10-8-19)33(29,30)17-24-11-14-25(15-12-24,16-13-24)27-21(28)18-5-6-18/h7-10,18H,5-6,11-17H2,1-4H3,(H,27,28). The summed E-state index contributed by atoms with van der Waals surface area (Å²) in [5.74, 6) is 0.607. The van der Waals surface area contributed by atoms with E-state index < -0.39 is 28.2 Å². The molecule has 180 valence electrons. The van der Waals surface area contributed by atoms with Crippen LogP contribution < -0.4 is 10.8 Å². The highest BCUT2D eigenvalue weighted by atomic mass is 32.2. The molecular formula is C25H36BNO5S. The molecule has 5 aliphatic rings. The quantitative estimate of drug-likeness (QED) is 0.641. The summed E-state index contributed by atoms with van der Waals surface area (Å²) in [7, 11) is -3.91. The van der Waals surface area contributed by atoms with Crippen molar-refractivity contribution in [1.29, 1.82) is 0 Å². The number of hydrogen-bond acceptors (Lipinski definition) is 5. The average molecular weight is 473 g/mol. The van der Waals surface area contributed by atoms with Gasteiger partial charge in [0.2, 0.25) is 5.91 Å². The first-order valence-corrected chi connectivity index (χ1v) is 14.0. The van der Waals surface area contributed by atoms with Crippen molar-refractivity contribution in [3.8, 4) is 0 Å². The lowest BCUT2D eigenvalue weighted by molar-refractivity contribution is -0.126. The van der Waals surface area contributed by atoms with Gasteiger partial charge in [-0.2, -0.15) is 0 Å². The molecule has 0 atom stereocenters. The molecule has 4 saturated carbocycles. The first-order chi connectivity index (χ1) is 15.3. The van der Waals surface area contributed by atoms with Gasteiger partial charge in [-0.05, 0) is 102 Å². The fourth-order valence-corrected chi connectivity index (χ4v) is 7.63. The van der Waals surface area contributed by atoms with Crippen molar-refractivity contribution in [2.24, 2.45) is 11.3 Å². The summed E-state index contributed by atoms with van der Waals surface area (Å²) in [5.41, 5.74) is -0.309. The number of sulfone groups is 1. The molecule has 8 heteroatoms. The van der Waals surface area contributed by atoms with Crippen LogP contribution in [0.4, 0.5) is 0 Å². The predicted octanol–water partition coefficient (Wildman–Crippen LogP) is 3.38. The largest absolute Gasteiger partial charge is 0.494 e. The fraction of sp³-hybridized carbons (Fsp3) is 0.720. The number of carbonyl (C=O) groups is 1. The summed E-state index contributed by atoms with van der Waals surface area (Å²) < 4.78 is 38.9. The molecule has 1 aromatic carbocycles. The Hall–Kier alpha value is -1.38. The molecule has 0 spiro atoms. The highest BCUT2D eigenvalue weighted by Crippen LogP contribution is 2.53. The van der Waals surface area contributed by atoms with Gasteiger partial charge in [0.25, 0.3) is 0 Å². The van der Waals surface area contributed by atoms with E-state index in [2.05, 4.69) is 5.32 Å². The van der Waals surface area contributed by atoms with E-state index in [1.165, 1.54) is 0 Å². The third-order valence-electron chi connectivity index (χ3n) is 9.00. The zero-order valence-electron chi connectivity index (χ0n) is 20.3. The highest BCUT2D eigenvalue weighted by Gasteiger charge is 2.53. The van der Waals surface area contributed by atoms with E-state index >= 15 is 0 Å². The minimum absolute atomic E-state index is 0.102. The topological polar surface area (TPSA) is 81.7 Å². The Morgan fingerprint density at radius 3 is 1.94 bits per heavy atom. The molecule has 0 unspecified atom stereocenters. The van der Waals surface area contributed by atoms with Gasteiger partial charge in [-0.1, -0.05) is 12.1 Å². The van der Waals surface area contributed by atoms with Crippen LogP contribution in [-0.2, 0) is 23.9 Å². The van der Waals surface area contributed by atoms with Crippen LogP contribution in [0.5, 0.6) is 0 Å². The van der Waals surface area contributed by atoms with Crippen molar-refractivity contribution in [1.82, 2.24) is 5.32 Å². The molecule has 6 nitrogen and oxygen atoms in total. The summed E-state index contributed by atoms with van der Waals surface area (Å²) in [6.45, 7) is 8.02. The SMILES string of the molecule is CC1(C)OB(c2ccc(S(=O)(=O)CC34CCC(NC(=O)C5CC5)(CC3)CC4)cc2)OC1(C)C. The molecule has 4 aliphatic carbocycles. The monoisotopic (exact) mass is 473 g/mol. The van der Waals surface area contributed by atoms with E-state index in [0.29, 0.717) is 4.90 Å². The van der Waals surface area contributed by atoms with Gasteiger partial charge in [0.15, 0.2) is 9.84 Å². The zero-order valence-corrected chi connectivity index (χ0v) is 21.1. The van der Waals surface area contributed by atoms with Gasteiger partial charge >= 0.3 is 7.12 Å². The Labute approximate surface area is 198 Å². The van der Waals surface area contributed by atoms with Gasteiger partial charge in [0, 0.05) is 11.5 Å². The van der Waals surface area contributed by atoms with E-state index in [4.69, 9.17) is 9.31 Å². The molecular weight excluding hydrogens is 437 g/mol. The van der Waals surface area contributed by atoms with Gasteiger partial charge in [-0.15, -0.1) is 0 Å². The molecule has 0 aromatic heterocycles. The fourth-order valence-electron chi connectivity index (χ4n) is 5.67. The van der Waals surface area contributed by atoms with Gasteiger partial charge < -0.3 is 14.6 Å². The van der Waals surface area contributed by atoms with Gasteiger partial charge in [-0.3, -0.25) is 4.79 Å². The second kappa shape index (κ2) is 7.56. The van der Waals surface area contributed by atoms with E-state index in [9.17, 15) is 13.2 Å². The van der Waals surface area contributed by atoms with E-state index in [0.717, 1.165) is 56.8 Å². The average Bonchev–Trinajstić information content (AvgIpc) is 3.56. The van der Waals surface area contributed by atoms with Crippen molar-refractivity contribution in [3.63, 3.8) is 0 Å². The van der Waals surface area contributed by atoms with E-state index in [-0.39, 0.29) is 28.5 Å². The predicted molar refractivity (Wildman–Crippen MR) is 128 cm³/mol. The van der Waals surface area contributed by atoms with Crippen molar-refractivity contribution in [2.75, 3.05) is 5.75 Å². The lowest BCUT2D eigenvalue weighted by atomic mass is 9.58. The minimum Gasteiger partial charge on any atom is -0.399 e. The van der Waals surface area contributed by atoms with Crippen LogP contribution in [0.3, 0.4) is 0 Å². The Balaban J connectivity index is 1.24. The summed E-state index contributed by atoms with van der Waals surface area (Å²) in [6.07, 6.45) is 7.29. The van der Waals surface area contributed by atoms with Gasteiger partial charge in [0.1, 0.15) is 0 Å². The number of hydrogen-bond donors (Lipinski definition) is 1. The summed E-state index contributed by atoms with van der Waals surface area (Å²) >= 11 is 0. The second-order valence-electron chi connectivity index (χ2n) is 12.0. The molecule has 33 heavy (non-hydrogen) atoms. The van der Waals surface area contributed by atoms with Crippen LogP contribution >= 0.6 is 0 Å². The Morgan fingerprint density at radius 1 is 0.939 bits per heavy atom. The summed E-state index contributed by atoms with van der Waals surface area (Å²) in [4.78, 5) is 12.7. The maximum absolute atomic E-state index is 13.3. The summed E-state index contributed by atoms with van der Waals surface area (Å²) in [6, 6.07) is 7.01. The number of benzene rings is 1. The number of carbonyl (C=O) groups excluding carboxylic acids is 1. The summed E-state index contributed by atoms with van der Waals surface area (Å²) in [5, 5.41) is 3.33. The van der Waals surface area contributed by atoms with Crippen LogP contribution in [0.2, 0.25) is 0 Å². The van der Waals surface area contributed by atoms with Crippen molar-refractivity contribution in [2.45, 2.75) is 101 Å². The van der Waals surface area contributed by atoms with Crippen LogP contribution in [-0.4, -0.2) is 43.9 Å². The molecule has 5 fully saturated rings. The van der Waals surface area contributed by atoms with Gasteiger partial charge in [-0.25, -0.2) is 8.42 Å². The van der Waals surface area contributed by atoms with Crippen LogP contribution in [0.25, 0.3) is 0 Å². The van der Waals surface area contributed by atoms with Crippen LogP contribution in [0.1, 0.15) is 79.1 Å². The third-order valence-corrected chi connectivity index (χ3v) is 11.0. The molecule has 1 amide bonds. The van der Waals surface area contributed by atoms with Crippen LogP contribution in [0, 0.1) is 11.3 Å². The van der Waals surface area contributed by atoms with Crippen LogP contribution in [0.15, 0.2) is 29.2 Å². The Kier molecular flexibility index (Phi) is 5.35. The highest BCUT2D eigenvalue weighted by molar-refractivity contribution is 7.91. The number of rotatable bonds is 6. The lowest BCUT2D eigenvalue weighted by Crippen LogP contribution is -2.58. The Bertz CT molecular complexity index is 1000. The third kappa shape index (κ3) is 4.27. The van der Waals surface area contributed by atoms with Crippen molar-refractivity contribution in [3.05, 3.63) is 24.3 Å². The zero-order chi connectivity index (χ0) is 23.7. The Morgan fingerprint density at radius 2 is 1.45 bits per heavy atom. The van der Waals surface area contributed by atoms with E-state index in [1.807, 2.05) is 39.8 Å². The number of fused-ring (bicyclic) bond motifs is 3. The lowest BCUT2D eigenvalue weighted by Gasteiger charge is -2.53. The molecule has 2 bridgehead atoms. The molecule has 1 aromatic rings. The second-order valence-corrected chi connectivity index (χ2v) is 13.9. The number of nitrogens with one attached hydrogen (secondary N) is 1. The first kappa shape index (κ1) is 23.4. The van der Waals surface area contributed by atoms with Crippen molar-refractivity contribution >= 4 is 28.3 Å². The minimum atomic E-state index is -3.41. The first-order valence-electron chi connectivity index (χ1n) is 12.3. The smallest absolute Gasteiger partial charge is 0.399 e. The van der Waals surface area contributed by atoms with E-state index in [1.54, 1.807) is 12.1 Å². The molecule has 1 heterocycles. The normalized spacial score (nSPS) is 32.7. The van der Waals surface area contributed by atoms with Crippen molar-refractivity contribution < 1.29 is 22.5 Å².